The lowest BCUT2D eigenvalue weighted by atomic mass is 10.2. The maximum Gasteiger partial charge on any atom is 0.257 e. The molecule has 2 N–H and O–H groups in total. The number of hydrogen-bond donors (Lipinski definition) is 2. The van der Waals surface area contributed by atoms with Crippen LogP contribution in [0.3, 0.4) is 0 Å². The first-order valence-corrected chi connectivity index (χ1v) is 11.1. The summed E-state index contributed by atoms with van der Waals surface area (Å²) in [5.74, 6) is 0.505. The SMILES string of the molecule is O=C(CCc1csc(NC(=O)c2ccc(F)cc2)n1)Nc1ccc(Oc2ccccc2)cc1. The summed E-state index contributed by atoms with van der Waals surface area (Å²) in [5.41, 5.74) is 1.72. The Balaban J connectivity index is 1.24. The first-order chi connectivity index (χ1) is 16.0. The molecule has 4 rings (SSSR count). The summed E-state index contributed by atoms with van der Waals surface area (Å²) in [5, 5.41) is 7.75. The van der Waals surface area contributed by atoms with Crippen molar-refractivity contribution in [1.29, 1.82) is 0 Å². The van der Waals surface area contributed by atoms with Crippen molar-refractivity contribution in [2.45, 2.75) is 12.8 Å². The van der Waals surface area contributed by atoms with E-state index in [-0.39, 0.29) is 18.2 Å². The van der Waals surface area contributed by atoms with E-state index in [0.717, 1.165) is 5.75 Å². The molecule has 1 aromatic heterocycles. The van der Waals surface area contributed by atoms with Crippen LogP contribution in [0.25, 0.3) is 0 Å². The zero-order chi connectivity index (χ0) is 23.0. The van der Waals surface area contributed by atoms with Crippen LogP contribution in [0.4, 0.5) is 15.2 Å². The van der Waals surface area contributed by atoms with Gasteiger partial charge in [0, 0.05) is 23.1 Å². The summed E-state index contributed by atoms with van der Waals surface area (Å²) in [6.45, 7) is 0. The monoisotopic (exact) mass is 461 g/mol. The van der Waals surface area contributed by atoms with Crippen molar-refractivity contribution in [2.75, 3.05) is 10.6 Å². The number of thiazole rings is 1. The van der Waals surface area contributed by atoms with E-state index in [2.05, 4.69) is 15.6 Å². The summed E-state index contributed by atoms with van der Waals surface area (Å²) < 4.78 is 18.7. The van der Waals surface area contributed by atoms with Crippen LogP contribution in [0.2, 0.25) is 0 Å². The third-order valence-electron chi connectivity index (χ3n) is 4.60. The third kappa shape index (κ3) is 6.47. The van der Waals surface area contributed by atoms with Gasteiger partial charge in [-0.3, -0.25) is 14.9 Å². The molecule has 3 aromatic carbocycles. The molecule has 0 aliphatic rings. The van der Waals surface area contributed by atoms with E-state index < -0.39 is 5.82 Å². The molecule has 6 nitrogen and oxygen atoms in total. The average Bonchev–Trinajstić information content (AvgIpc) is 3.27. The van der Waals surface area contributed by atoms with E-state index in [1.807, 2.05) is 30.3 Å². The lowest BCUT2D eigenvalue weighted by Gasteiger charge is -2.08. The third-order valence-corrected chi connectivity index (χ3v) is 5.41. The van der Waals surface area contributed by atoms with Crippen LogP contribution in [0.1, 0.15) is 22.5 Å². The van der Waals surface area contributed by atoms with Gasteiger partial charge in [0.05, 0.1) is 5.69 Å². The number of hydrogen-bond acceptors (Lipinski definition) is 5. The fourth-order valence-electron chi connectivity index (χ4n) is 2.95. The molecule has 0 bridgehead atoms. The summed E-state index contributed by atoms with van der Waals surface area (Å²) in [6, 6.07) is 21.9. The Hall–Kier alpha value is -4.04. The first kappa shape index (κ1) is 22.2. The fourth-order valence-corrected chi connectivity index (χ4v) is 3.69. The molecule has 0 atom stereocenters. The lowest BCUT2D eigenvalue weighted by Crippen LogP contribution is -2.13. The number of nitrogens with zero attached hydrogens (tertiary/aromatic N) is 1. The molecule has 2 amide bonds. The molecular weight excluding hydrogens is 441 g/mol. The van der Waals surface area contributed by atoms with Crippen molar-refractivity contribution in [1.82, 2.24) is 4.98 Å². The normalized spacial score (nSPS) is 10.5. The van der Waals surface area contributed by atoms with Gasteiger partial charge >= 0.3 is 0 Å². The number of benzene rings is 3. The second-order valence-electron chi connectivity index (χ2n) is 7.09. The van der Waals surface area contributed by atoms with E-state index >= 15 is 0 Å². The van der Waals surface area contributed by atoms with Gasteiger partial charge in [0.25, 0.3) is 5.91 Å². The number of nitrogens with one attached hydrogen (secondary N) is 2. The van der Waals surface area contributed by atoms with E-state index in [4.69, 9.17) is 4.74 Å². The van der Waals surface area contributed by atoms with Crippen LogP contribution in [0, 0.1) is 5.82 Å². The van der Waals surface area contributed by atoms with Gasteiger partial charge in [-0.2, -0.15) is 0 Å². The van der Waals surface area contributed by atoms with Crippen LogP contribution in [-0.4, -0.2) is 16.8 Å². The highest BCUT2D eigenvalue weighted by Gasteiger charge is 2.11. The molecular formula is C25H20FN3O3S. The Morgan fingerprint density at radius 3 is 2.30 bits per heavy atom. The summed E-state index contributed by atoms with van der Waals surface area (Å²) in [6.07, 6.45) is 0.682. The summed E-state index contributed by atoms with van der Waals surface area (Å²) in [7, 11) is 0. The van der Waals surface area contributed by atoms with Crippen molar-refractivity contribution in [3.05, 3.63) is 101 Å². The Morgan fingerprint density at radius 2 is 1.58 bits per heavy atom. The maximum atomic E-state index is 13.0. The van der Waals surface area contributed by atoms with Gasteiger partial charge in [0.1, 0.15) is 17.3 Å². The molecule has 33 heavy (non-hydrogen) atoms. The Kier molecular flexibility index (Phi) is 7.06. The van der Waals surface area contributed by atoms with Crippen molar-refractivity contribution in [3.8, 4) is 11.5 Å². The largest absolute Gasteiger partial charge is 0.457 e. The minimum Gasteiger partial charge on any atom is -0.457 e. The maximum absolute atomic E-state index is 13.0. The van der Waals surface area contributed by atoms with Gasteiger partial charge in [-0.05, 0) is 67.1 Å². The van der Waals surface area contributed by atoms with Gasteiger partial charge in [0.15, 0.2) is 5.13 Å². The van der Waals surface area contributed by atoms with E-state index in [1.54, 1.807) is 29.6 Å². The second-order valence-corrected chi connectivity index (χ2v) is 7.95. The number of amides is 2. The van der Waals surface area contributed by atoms with Crippen LogP contribution in [0.5, 0.6) is 11.5 Å². The van der Waals surface area contributed by atoms with Crippen LogP contribution < -0.4 is 15.4 Å². The van der Waals surface area contributed by atoms with Crippen LogP contribution in [0.15, 0.2) is 84.2 Å². The quantitative estimate of drug-likeness (QED) is 0.342. The number of carbonyl (C=O) groups excluding carboxylic acids is 2. The number of ether oxygens (including phenoxy) is 1. The van der Waals surface area contributed by atoms with Gasteiger partial charge in [-0.15, -0.1) is 11.3 Å². The minimum absolute atomic E-state index is 0.142. The molecule has 0 saturated heterocycles. The minimum atomic E-state index is -0.405. The summed E-state index contributed by atoms with van der Waals surface area (Å²) in [4.78, 5) is 28.8. The first-order valence-electron chi connectivity index (χ1n) is 10.2. The Bertz CT molecular complexity index is 1230. The molecule has 0 radical (unpaired) electrons. The molecule has 0 aliphatic heterocycles. The highest BCUT2D eigenvalue weighted by molar-refractivity contribution is 7.14. The molecule has 0 spiro atoms. The predicted octanol–water partition coefficient (Wildman–Crippen LogP) is 5.90. The predicted molar refractivity (Wildman–Crippen MR) is 126 cm³/mol. The van der Waals surface area contributed by atoms with Crippen molar-refractivity contribution in [3.63, 3.8) is 0 Å². The smallest absolute Gasteiger partial charge is 0.257 e. The van der Waals surface area contributed by atoms with Gasteiger partial charge in [-0.25, -0.2) is 9.37 Å². The van der Waals surface area contributed by atoms with Gasteiger partial charge < -0.3 is 10.1 Å². The van der Waals surface area contributed by atoms with Gasteiger partial charge in [0.2, 0.25) is 5.91 Å². The number of para-hydroxylation sites is 1. The highest BCUT2D eigenvalue weighted by atomic mass is 32.1. The number of carbonyl (C=O) groups is 2. The Labute approximate surface area is 194 Å². The number of rotatable bonds is 8. The van der Waals surface area contributed by atoms with E-state index in [9.17, 15) is 14.0 Å². The zero-order valence-corrected chi connectivity index (χ0v) is 18.3. The highest BCUT2D eigenvalue weighted by Crippen LogP contribution is 2.23. The molecule has 4 aromatic rings. The molecule has 8 heteroatoms. The van der Waals surface area contributed by atoms with Gasteiger partial charge in [-0.1, -0.05) is 18.2 Å². The van der Waals surface area contributed by atoms with E-state index in [0.29, 0.717) is 34.2 Å². The number of halogens is 1. The van der Waals surface area contributed by atoms with E-state index in [1.165, 1.54) is 35.6 Å². The standard InChI is InChI=1S/C25H20FN3O3S/c26-18-8-6-17(7-9-18)24(31)29-25-28-20(16-33-25)12-15-23(30)27-19-10-13-22(14-11-19)32-21-4-2-1-3-5-21/h1-11,13-14,16H,12,15H2,(H,27,30)(H,28,29,31). The Morgan fingerprint density at radius 1 is 0.879 bits per heavy atom. The molecule has 0 fully saturated rings. The zero-order valence-electron chi connectivity index (χ0n) is 17.5. The molecule has 0 unspecified atom stereocenters. The van der Waals surface area contributed by atoms with Crippen molar-refractivity contribution < 1.29 is 18.7 Å². The molecule has 0 saturated carbocycles. The van der Waals surface area contributed by atoms with Crippen molar-refractivity contribution >= 4 is 34.0 Å². The molecule has 0 aliphatic carbocycles. The summed E-state index contributed by atoms with van der Waals surface area (Å²) >= 11 is 1.27. The number of aryl methyl sites for hydroxylation is 1. The molecule has 1 heterocycles. The van der Waals surface area contributed by atoms with Crippen LogP contribution >= 0.6 is 11.3 Å². The lowest BCUT2D eigenvalue weighted by molar-refractivity contribution is -0.116. The molecule has 166 valence electrons. The fraction of sp³-hybridized carbons (Fsp3) is 0.0800. The topological polar surface area (TPSA) is 80.3 Å². The second kappa shape index (κ2) is 10.5. The van der Waals surface area contributed by atoms with Crippen LogP contribution in [-0.2, 0) is 11.2 Å². The van der Waals surface area contributed by atoms with Crippen molar-refractivity contribution in [2.24, 2.45) is 0 Å². The number of anilines is 2. The average molecular weight is 462 g/mol. The number of aromatic nitrogens is 1.